The number of amides is 2. The van der Waals surface area contributed by atoms with E-state index in [9.17, 15) is 9.59 Å². The van der Waals surface area contributed by atoms with Gasteiger partial charge in [-0.3, -0.25) is 9.59 Å². The lowest BCUT2D eigenvalue weighted by atomic mass is 10.1. The standard InChI is InChI=1S/C22H28N2O3S/c1-27-20-11-9-19(10-12-20)13-15-24-22(26)17-28-16-21(25)23-14-5-8-18-6-3-2-4-7-18/h2-4,6-7,9-12H,5,8,13-17H2,1H3,(H,23,25)(H,24,26). The second kappa shape index (κ2) is 12.8. The molecule has 2 amide bonds. The number of nitrogens with one attached hydrogen (secondary N) is 2. The van der Waals surface area contributed by atoms with Crippen molar-refractivity contribution in [2.24, 2.45) is 0 Å². The summed E-state index contributed by atoms with van der Waals surface area (Å²) in [5, 5.41) is 5.78. The summed E-state index contributed by atoms with van der Waals surface area (Å²) in [6.45, 7) is 1.24. The zero-order chi connectivity index (χ0) is 20.0. The number of thioether (sulfide) groups is 1. The molecule has 2 aromatic rings. The molecule has 0 spiro atoms. The summed E-state index contributed by atoms with van der Waals surface area (Å²) in [6.07, 6.45) is 2.62. The molecule has 0 aromatic heterocycles. The molecule has 0 radical (unpaired) electrons. The van der Waals surface area contributed by atoms with Crippen LogP contribution in [-0.2, 0) is 22.4 Å². The Labute approximate surface area is 171 Å². The van der Waals surface area contributed by atoms with E-state index in [1.807, 2.05) is 42.5 Å². The Bertz CT molecular complexity index is 720. The highest BCUT2D eigenvalue weighted by atomic mass is 32.2. The Kier molecular flexibility index (Phi) is 10.0. The molecule has 0 heterocycles. The van der Waals surface area contributed by atoms with Crippen LogP contribution in [0.1, 0.15) is 17.5 Å². The lowest BCUT2D eigenvalue weighted by Crippen LogP contribution is -2.29. The fraction of sp³-hybridized carbons (Fsp3) is 0.364. The van der Waals surface area contributed by atoms with E-state index in [-0.39, 0.29) is 11.8 Å². The van der Waals surface area contributed by atoms with Gasteiger partial charge < -0.3 is 15.4 Å². The third-order valence-electron chi connectivity index (χ3n) is 4.17. The van der Waals surface area contributed by atoms with Crippen LogP contribution in [0.4, 0.5) is 0 Å². The predicted octanol–water partition coefficient (Wildman–Crippen LogP) is 2.84. The van der Waals surface area contributed by atoms with Crippen molar-refractivity contribution in [1.82, 2.24) is 10.6 Å². The van der Waals surface area contributed by atoms with Crippen LogP contribution in [0, 0.1) is 0 Å². The topological polar surface area (TPSA) is 67.4 Å². The summed E-state index contributed by atoms with van der Waals surface area (Å²) in [4.78, 5) is 23.7. The van der Waals surface area contributed by atoms with Crippen molar-refractivity contribution in [2.75, 3.05) is 31.7 Å². The zero-order valence-electron chi connectivity index (χ0n) is 16.3. The van der Waals surface area contributed by atoms with Crippen LogP contribution in [0.15, 0.2) is 54.6 Å². The van der Waals surface area contributed by atoms with Crippen molar-refractivity contribution in [3.63, 3.8) is 0 Å². The van der Waals surface area contributed by atoms with Crippen molar-refractivity contribution in [3.05, 3.63) is 65.7 Å². The molecule has 150 valence electrons. The number of aryl methyl sites for hydroxylation is 1. The molecular weight excluding hydrogens is 372 g/mol. The smallest absolute Gasteiger partial charge is 0.230 e. The van der Waals surface area contributed by atoms with Gasteiger partial charge in [0.25, 0.3) is 0 Å². The number of hydrogen-bond donors (Lipinski definition) is 2. The molecule has 2 N–H and O–H groups in total. The van der Waals surface area contributed by atoms with Crippen LogP contribution in [0.3, 0.4) is 0 Å². The zero-order valence-corrected chi connectivity index (χ0v) is 17.1. The highest BCUT2D eigenvalue weighted by Gasteiger charge is 2.05. The van der Waals surface area contributed by atoms with E-state index in [1.54, 1.807) is 7.11 Å². The second-order valence-electron chi connectivity index (χ2n) is 6.38. The number of rotatable bonds is 12. The highest BCUT2D eigenvalue weighted by Crippen LogP contribution is 2.11. The Balaban J connectivity index is 1.48. The van der Waals surface area contributed by atoms with Crippen LogP contribution in [0.5, 0.6) is 5.75 Å². The molecule has 0 saturated heterocycles. The van der Waals surface area contributed by atoms with Crippen LogP contribution >= 0.6 is 11.8 Å². The maximum Gasteiger partial charge on any atom is 0.230 e. The Morgan fingerprint density at radius 2 is 1.43 bits per heavy atom. The van der Waals surface area contributed by atoms with Crippen LogP contribution in [0.2, 0.25) is 0 Å². The molecule has 0 fully saturated rings. The summed E-state index contributed by atoms with van der Waals surface area (Å²) < 4.78 is 5.12. The third kappa shape index (κ3) is 8.95. The first kappa shape index (κ1) is 21.8. The minimum absolute atomic E-state index is 0.0240. The number of hydrogen-bond acceptors (Lipinski definition) is 4. The predicted molar refractivity (Wildman–Crippen MR) is 115 cm³/mol. The average molecular weight is 401 g/mol. The lowest BCUT2D eigenvalue weighted by Gasteiger charge is -2.07. The summed E-state index contributed by atoms with van der Waals surface area (Å²) in [5.41, 5.74) is 2.42. The lowest BCUT2D eigenvalue weighted by molar-refractivity contribution is -0.118. The number of carbonyl (C=O) groups excluding carboxylic acids is 2. The maximum absolute atomic E-state index is 11.8. The molecule has 0 aliphatic rings. The first-order valence-electron chi connectivity index (χ1n) is 9.45. The molecule has 0 unspecified atom stereocenters. The number of benzene rings is 2. The fourth-order valence-corrected chi connectivity index (χ4v) is 3.32. The fourth-order valence-electron chi connectivity index (χ4n) is 2.64. The van der Waals surface area contributed by atoms with Crippen LogP contribution < -0.4 is 15.4 Å². The molecule has 2 rings (SSSR count). The van der Waals surface area contributed by atoms with Gasteiger partial charge in [0.05, 0.1) is 18.6 Å². The van der Waals surface area contributed by atoms with Crippen molar-refractivity contribution in [2.45, 2.75) is 19.3 Å². The first-order valence-corrected chi connectivity index (χ1v) is 10.6. The van der Waals surface area contributed by atoms with Crippen molar-refractivity contribution in [1.29, 1.82) is 0 Å². The van der Waals surface area contributed by atoms with Crippen LogP contribution in [0.25, 0.3) is 0 Å². The van der Waals surface area contributed by atoms with Gasteiger partial charge >= 0.3 is 0 Å². The number of ether oxygens (including phenoxy) is 1. The van der Waals surface area contributed by atoms with Crippen molar-refractivity contribution < 1.29 is 14.3 Å². The third-order valence-corrected chi connectivity index (χ3v) is 5.10. The van der Waals surface area contributed by atoms with E-state index >= 15 is 0 Å². The summed E-state index contributed by atoms with van der Waals surface area (Å²) in [6, 6.07) is 18.0. The SMILES string of the molecule is COc1ccc(CCNC(=O)CSCC(=O)NCCCc2ccccc2)cc1. The molecule has 0 atom stereocenters. The monoisotopic (exact) mass is 400 g/mol. The van der Waals surface area contributed by atoms with Gasteiger partial charge in [-0.25, -0.2) is 0 Å². The molecule has 28 heavy (non-hydrogen) atoms. The molecule has 2 aromatic carbocycles. The normalized spacial score (nSPS) is 10.3. The number of methoxy groups -OCH3 is 1. The van der Waals surface area contributed by atoms with Gasteiger partial charge in [-0.15, -0.1) is 11.8 Å². The summed E-state index contributed by atoms with van der Waals surface area (Å²) in [5.74, 6) is 1.35. The minimum Gasteiger partial charge on any atom is -0.497 e. The van der Waals surface area contributed by atoms with E-state index in [2.05, 4.69) is 22.8 Å². The first-order chi connectivity index (χ1) is 13.7. The van der Waals surface area contributed by atoms with Gasteiger partial charge in [-0.05, 0) is 42.5 Å². The van der Waals surface area contributed by atoms with Gasteiger partial charge in [0.2, 0.25) is 11.8 Å². The highest BCUT2D eigenvalue weighted by molar-refractivity contribution is 8.00. The van der Waals surface area contributed by atoms with Crippen LogP contribution in [-0.4, -0.2) is 43.5 Å². The Hall–Kier alpha value is -2.47. The molecule has 0 aliphatic carbocycles. The van der Waals surface area contributed by atoms with E-state index < -0.39 is 0 Å². The largest absolute Gasteiger partial charge is 0.497 e. The van der Waals surface area contributed by atoms with E-state index in [1.165, 1.54) is 17.3 Å². The second-order valence-corrected chi connectivity index (χ2v) is 7.37. The van der Waals surface area contributed by atoms with Gasteiger partial charge in [-0.2, -0.15) is 0 Å². The molecule has 0 saturated carbocycles. The minimum atomic E-state index is -0.0459. The average Bonchev–Trinajstić information content (AvgIpc) is 2.72. The Morgan fingerprint density at radius 3 is 2.07 bits per heavy atom. The van der Waals surface area contributed by atoms with E-state index in [0.29, 0.717) is 24.6 Å². The van der Waals surface area contributed by atoms with Gasteiger partial charge in [0.15, 0.2) is 0 Å². The van der Waals surface area contributed by atoms with Gasteiger partial charge in [0, 0.05) is 13.1 Å². The maximum atomic E-state index is 11.8. The molecule has 6 heteroatoms. The molecule has 5 nitrogen and oxygen atoms in total. The quantitative estimate of drug-likeness (QED) is 0.538. The summed E-state index contributed by atoms with van der Waals surface area (Å²) in [7, 11) is 1.64. The Morgan fingerprint density at radius 1 is 0.821 bits per heavy atom. The van der Waals surface area contributed by atoms with Gasteiger partial charge in [0.1, 0.15) is 5.75 Å². The van der Waals surface area contributed by atoms with Gasteiger partial charge in [-0.1, -0.05) is 42.5 Å². The van der Waals surface area contributed by atoms with E-state index in [4.69, 9.17) is 4.74 Å². The van der Waals surface area contributed by atoms with Crippen molar-refractivity contribution in [3.8, 4) is 5.75 Å². The van der Waals surface area contributed by atoms with Crippen molar-refractivity contribution >= 4 is 23.6 Å². The molecule has 0 bridgehead atoms. The number of carbonyl (C=O) groups is 2. The summed E-state index contributed by atoms with van der Waals surface area (Å²) >= 11 is 1.33. The molecule has 0 aliphatic heterocycles. The molecular formula is C22H28N2O3S. The van der Waals surface area contributed by atoms with E-state index in [0.717, 1.165) is 30.6 Å².